The van der Waals surface area contributed by atoms with Crippen LogP contribution in [0.1, 0.15) is 13.8 Å². The molecule has 0 heterocycles. The van der Waals surface area contributed by atoms with Crippen molar-refractivity contribution in [2.75, 3.05) is 6.61 Å². The van der Waals surface area contributed by atoms with Crippen molar-refractivity contribution >= 4 is 0 Å². The van der Waals surface area contributed by atoms with Crippen LogP contribution < -0.4 is 0 Å². The summed E-state index contributed by atoms with van der Waals surface area (Å²) in [6.45, 7) is 13.2. The molecule has 0 saturated carbocycles. The van der Waals surface area contributed by atoms with Gasteiger partial charge >= 0.3 is 0 Å². The van der Waals surface area contributed by atoms with E-state index in [2.05, 4.69) is 19.7 Å². The van der Waals surface area contributed by atoms with E-state index in [4.69, 9.17) is 5.11 Å². The van der Waals surface area contributed by atoms with Gasteiger partial charge in [0, 0.05) is 6.61 Å². The van der Waals surface area contributed by atoms with E-state index in [1.807, 2.05) is 6.92 Å². The van der Waals surface area contributed by atoms with Crippen LogP contribution in [0.25, 0.3) is 0 Å². The Hall–Kier alpha value is -0.560. The lowest BCUT2D eigenvalue weighted by Crippen LogP contribution is -1.57. The Morgan fingerprint density at radius 1 is 1.50 bits per heavy atom. The topological polar surface area (TPSA) is 20.2 Å². The van der Waals surface area contributed by atoms with Crippen molar-refractivity contribution in [3.05, 3.63) is 25.8 Å². The monoisotopic (exact) mass is 116 g/mol. The third-order valence-corrected chi connectivity index (χ3v) is 0. The molecule has 0 saturated heterocycles. The van der Waals surface area contributed by atoms with E-state index in [1.54, 1.807) is 13.0 Å². The van der Waals surface area contributed by atoms with Gasteiger partial charge in [0.1, 0.15) is 0 Å². The molecule has 0 bridgehead atoms. The summed E-state index contributed by atoms with van der Waals surface area (Å²) in [5, 5.41) is 7.57. The van der Waals surface area contributed by atoms with Crippen molar-refractivity contribution in [3.8, 4) is 0 Å². The van der Waals surface area contributed by atoms with Gasteiger partial charge in [-0.2, -0.15) is 0 Å². The SMILES string of the molecule is C=C.C=CC.CCO. The van der Waals surface area contributed by atoms with E-state index in [1.165, 1.54) is 0 Å². The number of hydrogen-bond donors (Lipinski definition) is 1. The van der Waals surface area contributed by atoms with Gasteiger partial charge in [-0.15, -0.1) is 19.7 Å². The van der Waals surface area contributed by atoms with Crippen LogP contribution in [0.3, 0.4) is 0 Å². The second-order valence-corrected chi connectivity index (χ2v) is 0.724. The van der Waals surface area contributed by atoms with Gasteiger partial charge < -0.3 is 5.11 Å². The largest absolute Gasteiger partial charge is 0.397 e. The van der Waals surface area contributed by atoms with Gasteiger partial charge in [0.25, 0.3) is 0 Å². The molecule has 0 spiro atoms. The van der Waals surface area contributed by atoms with Crippen molar-refractivity contribution in [2.24, 2.45) is 0 Å². The highest BCUT2D eigenvalue weighted by atomic mass is 16.2. The zero-order chi connectivity index (χ0) is 7.41. The quantitative estimate of drug-likeness (QED) is 0.480. The number of aliphatic hydroxyl groups excluding tert-OH is 1. The molecular weight excluding hydrogens is 100 g/mol. The molecule has 0 unspecified atom stereocenters. The first-order chi connectivity index (χ1) is 3.83. The summed E-state index contributed by atoms with van der Waals surface area (Å²) >= 11 is 0. The molecule has 0 aliphatic rings. The first-order valence-electron chi connectivity index (χ1n) is 2.51. The molecule has 0 radical (unpaired) electrons. The minimum Gasteiger partial charge on any atom is -0.397 e. The molecule has 0 aromatic heterocycles. The summed E-state index contributed by atoms with van der Waals surface area (Å²) in [6, 6.07) is 0. The molecule has 0 amide bonds. The van der Waals surface area contributed by atoms with Gasteiger partial charge in [0.2, 0.25) is 0 Å². The van der Waals surface area contributed by atoms with Crippen molar-refractivity contribution < 1.29 is 5.11 Å². The Morgan fingerprint density at radius 2 is 1.50 bits per heavy atom. The van der Waals surface area contributed by atoms with Crippen LogP contribution in [0.4, 0.5) is 0 Å². The van der Waals surface area contributed by atoms with Crippen LogP contribution in [0.5, 0.6) is 0 Å². The number of aliphatic hydroxyl groups is 1. The normalized spacial score (nSPS) is 4.38. The van der Waals surface area contributed by atoms with Gasteiger partial charge in [-0.3, -0.25) is 0 Å². The average molecular weight is 116 g/mol. The third-order valence-electron chi connectivity index (χ3n) is 0. The van der Waals surface area contributed by atoms with Gasteiger partial charge in [-0.05, 0) is 13.8 Å². The standard InChI is InChI=1S/C3H6.C2H6O.C2H4/c1-3-2;1-2-3;1-2/h3H,1H2,2H3;3H,2H2,1H3;1-2H2. The molecule has 50 valence electrons. The van der Waals surface area contributed by atoms with Crippen molar-refractivity contribution in [2.45, 2.75) is 13.8 Å². The Balaban J connectivity index is -0.0000000483. The van der Waals surface area contributed by atoms with E-state index >= 15 is 0 Å². The Morgan fingerprint density at radius 3 is 1.50 bits per heavy atom. The Kier molecular flexibility index (Phi) is 180. The maximum atomic E-state index is 7.57. The fraction of sp³-hybridized carbons (Fsp3) is 0.429. The van der Waals surface area contributed by atoms with Crippen LogP contribution in [0, 0.1) is 0 Å². The lowest BCUT2D eigenvalue weighted by Gasteiger charge is -1.52. The second-order valence-electron chi connectivity index (χ2n) is 0.724. The summed E-state index contributed by atoms with van der Waals surface area (Å²) in [6.07, 6.45) is 1.75. The first-order valence-corrected chi connectivity index (χ1v) is 2.51. The fourth-order valence-electron chi connectivity index (χ4n) is 0. The van der Waals surface area contributed by atoms with Crippen molar-refractivity contribution in [3.63, 3.8) is 0 Å². The molecule has 0 aromatic rings. The lowest BCUT2D eigenvalue weighted by molar-refractivity contribution is 0.318. The second kappa shape index (κ2) is 91.9. The molecular formula is C7H16O. The highest BCUT2D eigenvalue weighted by molar-refractivity contribution is 4.51. The lowest BCUT2D eigenvalue weighted by atomic mass is 10.8. The zero-order valence-corrected chi connectivity index (χ0v) is 5.85. The minimum absolute atomic E-state index is 0.250. The van der Waals surface area contributed by atoms with Crippen molar-refractivity contribution in [1.82, 2.24) is 0 Å². The Labute approximate surface area is 52.4 Å². The molecule has 1 N–H and O–H groups in total. The minimum atomic E-state index is 0.250. The van der Waals surface area contributed by atoms with Crippen LogP contribution in [0.2, 0.25) is 0 Å². The summed E-state index contributed by atoms with van der Waals surface area (Å²) in [5.41, 5.74) is 0. The zero-order valence-electron chi connectivity index (χ0n) is 5.85. The molecule has 0 aliphatic heterocycles. The maximum Gasteiger partial charge on any atom is 0.0402 e. The predicted molar refractivity (Wildman–Crippen MR) is 39.9 cm³/mol. The van der Waals surface area contributed by atoms with Crippen LogP contribution in [0.15, 0.2) is 25.8 Å². The number of allylic oxidation sites excluding steroid dienone is 1. The molecule has 0 atom stereocenters. The maximum absolute atomic E-state index is 7.57. The highest BCUT2D eigenvalue weighted by Gasteiger charge is 1.34. The van der Waals surface area contributed by atoms with Crippen LogP contribution in [-0.4, -0.2) is 11.7 Å². The number of hydrogen-bond acceptors (Lipinski definition) is 1. The molecule has 0 rings (SSSR count). The van der Waals surface area contributed by atoms with Crippen molar-refractivity contribution in [1.29, 1.82) is 0 Å². The summed E-state index contributed by atoms with van der Waals surface area (Å²) in [7, 11) is 0. The van der Waals surface area contributed by atoms with Gasteiger partial charge in [-0.25, -0.2) is 0 Å². The van der Waals surface area contributed by atoms with E-state index in [9.17, 15) is 0 Å². The molecule has 0 fully saturated rings. The van der Waals surface area contributed by atoms with E-state index in [0.29, 0.717) is 0 Å². The summed E-state index contributed by atoms with van der Waals surface area (Å²) < 4.78 is 0. The molecule has 8 heavy (non-hydrogen) atoms. The van der Waals surface area contributed by atoms with Crippen LogP contribution >= 0.6 is 0 Å². The van der Waals surface area contributed by atoms with Gasteiger partial charge in [-0.1, -0.05) is 6.08 Å². The smallest absolute Gasteiger partial charge is 0.0402 e. The molecule has 1 heteroatoms. The summed E-state index contributed by atoms with van der Waals surface area (Å²) in [4.78, 5) is 0. The molecule has 1 nitrogen and oxygen atoms in total. The van der Waals surface area contributed by atoms with E-state index in [0.717, 1.165) is 0 Å². The highest BCUT2D eigenvalue weighted by Crippen LogP contribution is 1.38. The average Bonchev–Trinajstić information content (AvgIpc) is 1.75. The van der Waals surface area contributed by atoms with E-state index < -0.39 is 0 Å². The molecule has 0 aromatic carbocycles. The Bertz CT molecular complexity index is 25.6. The number of rotatable bonds is 0. The van der Waals surface area contributed by atoms with Gasteiger partial charge in [0.15, 0.2) is 0 Å². The predicted octanol–water partition coefficient (Wildman–Crippen LogP) is 1.99. The third kappa shape index (κ3) is 342. The molecule has 0 aliphatic carbocycles. The van der Waals surface area contributed by atoms with Gasteiger partial charge in [0.05, 0.1) is 0 Å². The van der Waals surface area contributed by atoms with E-state index in [-0.39, 0.29) is 6.61 Å². The fourth-order valence-corrected chi connectivity index (χ4v) is 0. The summed E-state index contributed by atoms with van der Waals surface area (Å²) in [5.74, 6) is 0. The van der Waals surface area contributed by atoms with Crippen LogP contribution in [-0.2, 0) is 0 Å². The first kappa shape index (κ1) is 15.7.